The zero-order valence-corrected chi connectivity index (χ0v) is 23.7. The number of cyclic esters (lactones) is 1. The number of nitrogens with zero attached hydrogens (tertiary/aromatic N) is 3. The van der Waals surface area contributed by atoms with Gasteiger partial charge in [-0.1, -0.05) is 24.3 Å². The van der Waals surface area contributed by atoms with E-state index in [1.54, 1.807) is 28.9 Å². The average molecular weight is 575 g/mol. The summed E-state index contributed by atoms with van der Waals surface area (Å²) in [6.45, 7) is 6.37. The Bertz CT molecular complexity index is 1060. The number of aliphatic hydroxyl groups is 1. The van der Waals surface area contributed by atoms with E-state index in [-0.39, 0.29) is 43.8 Å². The van der Waals surface area contributed by atoms with E-state index in [1.807, 2.05) is 12.2 Å². The van der Waals surface area contributed by atoms with E-state index < -0.39 is 41.7 Å². The number of rotatable bonds is 7. The Morgan fingerprint density at radius 2 is 1.85 bits per heavy atom. The fraction of sp³-hybridized carbons (Fsp3) is 0.724. The predicted octanol–water partition coefficient (Wildman–Crippen LogP) is -0.532. The minimum atomic E-state index is -1.27. The van der Waals surface area contributed by atoms with E-state index in [0.717, 1.165) is 13.1 Å². The van der Waals surface area contributed by atoms with Crippen molar-refractivity contribution in [1.82, 2.24) is 20.0 Å². The molecule has 0 aromatic carbocycles. The number of ether oxygens (including phenoxy) is 3. The summed E-state index contributed by atoms with van der Waals surface area (Å²) in [5.74, 6) is -3.04. The molecule has 41 heavy (non-hydrogen) atoms. The highest BCUT2D eigenvalue weighted by atomic mass is 16.6. The third-order valence-electron chi connectivity index (χ3n) is 8.72. The van der Waals surface area contributed by atoms with Crippen molar-refractivity contribution in [2.24, 2.45) is 11.8 Å². The standard InChI is InChI=1S/C29H42N4O8/c1-20-19-30-22(35)7-3-2-4-10-32(13-12-31-14-17-39-18-15-31)27(37)25-29-9-8-21(41-29)23(28(38)40-20)24(29)26(36)33(25)11-5-6-16-34/h2,4,8-9,20-21,23-25,34H,3,5-7,10-19H2,1H3,(H,30,35)/b4-2-/t20-,21+,23-,24-,25+,29-/m0/s1. The summed E-state index contributed by atoms with van der Waals surface area (Å²) < 4.78 is 17.6. The van der Waals surface area contributed by atoms with Crippen molar-refractivity contribution < 1.29 is 38.5 Å². The number of aliphatic hydroxyl groups excluding tert-OH is 1. The molecule has 1 spiro atoms. The Morgan fingerprint density at radius 3 is 2.63 bits per heavy atom. The van der Waals surface area contributed by atoms with Crippen LogP contribution in [0.25, 0.3) is 0 Å². The van der Waals surface area contributed by atoms with Crippen molar-refractivity contribution in [3.05, 3.63) is 24.3 Å². The first-order valence-corrected chi connectivity index (χ1v) is 14.9. The monoisotopic (exact) mass is 574 g/mol. The van der Waals surface area contributed by atoms with Gasteiger partial charge in [0.15, 0.2) is 0 Å². The molecule has 0 aromatic rings. The van der Waals surface area contributed by atoms with Crippen molar-refractivity contribution in [3.8, 4) is 0 Å². The zero-order valence-electron chi connectivity index (χ0n) is 23.7. The molecule has 0 aliphatic carbocycles. The molecule has 5 aliphatic heterocycles. The van der Waals surface area contributed by atoms with Gasteiger partial charge >= 0.3 is 5.97 Å². The van der Waals surface area contributed by atoms with E-state index in [9.17, 15) is 24.3 Å². The lowest BCUT2D eigenvalue weighted by Gasteiger charge is -2.37. The summed E-state index contributed by atoms with van der Waals surface area (Å²) in [6.07, 6.45) is 7.87. The lowest BCUT2D eigenvalue weighted by molar-refractivity contribution is -0.158. The quantitative estimate of drug-likeness (QED) is 0.233. The van der Waals surface area contributed by atoms with Gasteiger partial charge in [-0.25, -0.2) is 0 Å². The number of nitrogens with one attached hydrogen (secondary N) is 1. The van der Waals surface area contributed by atoms with Crippen LogP contribution < -0.4 is 5.32 Å². The van der Waals surface area contributed by atoms with Gasteiger partial charge < -0.3 is 34.4 Å². The van der Waals surface area contributed by atoms with Gasteiger partial charge in [0, 0.05) is 52.3 Å². The van der Waals surface area contributed by atoms with Crippen LogP contribution in [0.1, 0.15) is 32.6 Å². The number of amides is 3. The van der Waals surface area contributed by atoms with Crippen LogP contribution in [0.2, 0.25) is 0 Å². The van der Waals surface area contributed by atoms with Crippen LogP contribution in [0.15, 0.2) is 24.3 Å². The molecule has 6 atom stereocenters. The van der Waals surface area contributed by atoms with Crippen LogP contribution in [0.5, 0.6) is 0 Å². The predicted molar refractivity (Wildman–Crippen MR) is 146 cm³/mol. The van der Waals surface area contributed by atoms with Gasteiger partial charge in [0.1, 0.15) is 23.7 Å². The summed E-state index contributed by atoms with van der Waals surface area (Å²) in [6, 6.07) is -0.938. The highest BCUT2D eigenvalue weighted by Crippen LogP contribution is 2.55. The fourth-order valence-electron chi connectivity index (χ4n) is 6.60. The third-order valence-corrected chi connectivity index (χ3v) is 8.72. The number of esters is 1. The van der Waals surface area contributed by atoms with Gasteiger partial charge in [0.2, 0.25) is 17.7 Å². The molecule has 12 nitrogen and oxygen atoms in total. The van der Waals surface area contributed by atoms with Crippen LogP contribution >= 0.6 is 0 Å². The van der Waals surface area contributed by atoms with Gasteiger partial charge in [-0.3, -0.25) is 24.1 Å². The molecule has 2 N–H and O–H groups in total. The molecule has 226 valence electrons. The maximum absolute atomic E-state index is 14.5. The Balaban J connectivity index is 1.47. The second kappa shape index (κ2) is 13.0. The summed E-state index contributed by atoms with van der Waals surface area (Å²) in [5.41, 5.74) is -1.27. The van der Waals surface area contributed by atoms with Crippen LogP contribution in [-0.2, 0) is 33.4 Å². The second-order valence-corrected chi connectivity index (χ2v) is 11.5. The maximum Gasteiger partial charge on any atom is 0.313 e. The van der Waals surface area contributed by atoms with Gasteiger partial charge in [-0.05, 0) is 26.2 Å². The Kier molecular flexibility index (Phi) is 9.42. The van der Waals surface area contributed by atoms with Gasteiger partial charge in [-0.2, -0.15) is 0 Å². The number of carbonyl (C=O) groups excluding carboxylic acids is 4. The van der Waals surface area contributed by atoms with Gasteiger partial charge in [0.05, 0.1) is 31.8 Å². The number of morpholine rings is 1. The lowest BCUT2D eigenvalue weighted by Crippen LogP contribution is -2.57. The third kappa shape index (κ3) is 6.06. The van der Waals surface area contributed by atoms with E-state index in [0.29, 0.717) is 52.1 Å². The number of carbonyl (C=O) groups is 4. The number of allylic oxidation sites excluding steroid dienone is 1. The first-order valence-electron chi connectivity index (χ1n) is 14.9. The SMILES string of the molecule is C[C@H]1CNC(=O)CC/C=C\CN(CCN2CCOCC2)C(=O)[C@H]2N(CCCCO)C(=O)[C@@H]3[C@@H](C(=O)O1)[C@H]1C=C[C@]32O1. The van der Waals surface area contributed by atoms with Gasteiger partial charge in [-0.15, -0.1) is 0 Å². The molecule has 3 fully saturated rings. The second-order valence-electron chi connectivity index (χ2n) is 11.5. The average Bonchev–Trinajstić information content (AvgIpc) is 3.61. The van der Waals surface area contributed by atoms with Crippen molar-refractivity contribution in [1.29, 1.82) is 0 Å². The number of likely N-dealkylation sites (tertiary alicyclic amines) is 1. The van der Waals surface area contributed by atoms with Crippen LogP contribution in [0.3, 0.4) is 0 Å². The number of hydrogen-bond acceptors (Lipinski definition) is 9. The Labute approximate surface area is 240 Å². The highest BCUT2D eigenvalue weighted by Gasteiger charge is 2.73. The van der Waals surface area contributed by atoms with Crippen molar-refractivity contribution >= 4 is 23.7 Å². The van der Waals surface area contributed by atoms with E-state index >= 15 is 0 Å². The molecule has 5 bridgehead atoms. The first-order chi connectivity index (χ1) is 19.9. The smallest absolute Gasteiger partial charge is 0.313 e. The van der Waals surface area contributed by atoms with E-state index in [2.05, 4.69) is 10.2 Å². The summed E-state index contributed by atoms with van der Waals surface area (Å²) in [4.78, 5) is 59.8. The summed E-state index contributed by atoms with van der Waals surface area (Å²) >= 11 is 0. The molecular formula is C29H42N4O8. The van der Waals surface area contributed by atoms with Crippen molar-refractivity contribution in [3.63, 3.8) is 0 Å². The van der Waals surface area contributed by atoms with Crippen LogP contribution in [-0.4, -0.2) is 133 Å². The summed E-state index contributed by atoms with van der Waals surface area (Å²) in [5, 5.41) is 12.2. The molecule has 0 saturated carbocycles. The van der Waals surface area contributed by atoms with Gasteiger partial charge in [0.25, 0.3) is 0 Å². The van der Waals surface area contributed by atoms with E-state index in [1.165, 1.54) is 0 Å². The zero-order chi connectivity index (χ0) is 29.0. The minimum Gasteiger partial charge on any atom is -0.460 e. The van der Waals surface area contributed by atoms with Crippen LogP contribution in [0, 0.1) is 11.8 Å². The number of unbranched alkanes of at least 4 members (excludes halogenated alkanes) is 1. The lowest BCUT2D eigenvalue weighted by atomic mass is 9.74. The normalized spacial score (nSPS) is 35.5. The van der Waals surface area contributed by atoms with Crippen LogP contribution in [0.4, 0.5) is 0 Å². The molecule has 3 saturated heterocycles. The molecule has 5 aliphatic rings. The topological polar surface area (TPSA) is 138 Å². The molecule has 0 aromatic heterocycles. The maximum atomic E-state index is 14.5. The van der Waals surface area contributed by atoms with Crippen molar-refractivity contribution in [2.75, 3.05) is 65.6 Å². The molecule has 3 amide bonds. The Morgan fingerprint density at radius 1 is 1.05 bits per heavy atom. The molecule has 0 unspecified atom stereocenters. The molecule has 0 radical (unpaired) electrons. The molecule has 5 rings (SSSR count). The molecular weight excluding hydrogens is 532 g/mol. The van der Waals surface area contributed by atoms with E-state index in [4.69, 9.17) is 14.2 Å². The number of hydrogen-bond donors (Lipinski definition) is 2. The highest BCUT2D eigenvalue weighted by molar-refractivity contribution is 5.99. The van der Waals surface area contributed by atoms with Crippen molar-refractivity contribution in [2.45, 2.75) is 56.5 Å². The first kappa shape index (κ1) is 29.7. The minimum absolute atomic E-state index is 0.0203. The summed E-state index contributed by atoms with van der Waals surface area (Å²) in [7, 11) is 0. The molecule has 5 heterocycles. The fourth-order valence-corrected chi connectivity index (χ4v) is 6.60. The molecule has 12 heteroatoms. The largest absolute Gasteiger partial charge is 0.460 e. The number of fused-ring (bicyclic) bond motifs is 2. The Hall–Kier alpha value is -2.80.